The standard InChI is InChI=1S/C13H20N2O4S/c1-5-18-11(16)6-9-8-20-10(15-9)7-14-12(17)19-13(2,3)4/h8H,5-7H2,1-4H3,(H,14,17). The zero-order chi connectivity index (χ0) is 15.2. The molecule has 0 aliphatic heterocycles. The van der Waals surface area contributed by atoms with Gasteiger partial charge in [-0.2, -0.15) is 0 Å². The molecule has 1 aromatic heterocycles. The van der Waals surface area contributed by atoms with Crippen molar-refractivity contribution in [1.82, 2.24) is 10.3 Å². The number of nitrogens with one attached hydrogen (secondary N) is 1. The van der Waals surface area contributed by atoms with Crippen LogP contribution in [0, 0.1) is 0 Å². The number of carbonyl (C=O) groups is 2. The van der Waals surface area contributed by atoms with E-state index in [4.69, 9.17) is 9.47 Å². The van der Waals surface area contributed by atoms with Crippen molar-refractivity contribution in [2.45, 2.75) is 46.3 Å². The molecule has 1 rings (SSSR count). The second-order valence-corrected chi connectivity index (χ2v) is 6.01. The highest BCUT2D eigenvalue weighted by Crippen LogP contribution is 2.11. The van der Waals surface area contributed by atoms with E-state index in [1.54, 1.807) is 33.1 Å². The molecule has 20 heavy (non-hydrogen) atoms. The molecule has 0 aliphatic carbocycles. The van der Waals surface area contributed by atoms with Gasteiger partial charge in [0.15, 0.2) is 0 Å². The third-order valence-electron chi connectivity index (χ3n) is 2.01. The van der Waals surface area contributed by atoms with Crippen LogP contribution < -0.4 is 5.32 Å². The molecule has 6 nitrogen and oxygen atoms in total. The normalized spacial score (nSPS) is 11.0. The van der Waals surface area contributed by atoms with Crippen molar-refractivity contribution in [2.75, 3.05) is 6.61 Å². The quantitative estimate of drug-likeness (QED) is 0.844. The van der Waals surface area contributed by atoms with Gasteiger partial charge in [-0.3, -0.25) is 4.79 Å². The monoisotopic (exact) mass is 300 g/mol. The number of amides is 1. The van der Waals surface area contributed by atoms with E-state index in [0.717, 1.165) is 5.01 Å². The van der Waals surface area contributed by atoms with Crippen molar-refractivity contribution in [3.63, 3.8) is 0 Å². The van der Waals surface area contributed by atoms with Gasteiger partial charge in [-0.1, -0.05) is 0 Å². The molecule has 112 valence electrons. The van der Waals surface area contributed by atoms with Gasteiger partial charge in [0.05, 0.1) is 25.3 Å². The van der Waals surface area contributed by atoms with E-state index in [1.807, 2.05) is 0 Å². The van der Waals surface area contributed by atoms with Crippen LogP contribution in [0.1, 0.15) is 38.4 Å². The maximum atomic E-state index is 11.5. The molecule has 0 saturated carbocycles. The van der Waals surface area contributed by atoms with Crippen molar-refractivity contribution in [2.24, 2.45) is 0 Å². The molecule has 0 spiro atoms. The fourth-order valence-electron chi connectivity index (χ4n) is 1.33. The van der Waals surface area contributed by atoms with Crippen LogP contribution in [0.3, 0.4) is 0 Å². The first-order valence-electron chi connectivity index (χ1n) is 6.36. The SMILES string of the molecule is CCOC(=O)Cc1csc(CNC(=O)OC(C)(C)C)n1. The largest absolute Gasteiger partial charge is 0.466 e. The van der Waals surface area contributed by atoms with Crippen molar-refractivity contribution in [3.05, 3.63) is 16.1 Å². The molecule has 1 amide bonds. The Balaban J connectivity index is 2.41. The van der Waals surface area contributed by atoms with Crippen LogP contribution in [0.15, 0.2) is 5.38 Å². The van der Waals surface area contributed by atoms with Gasteiger partial charge < -0.3 is 14.8 Å². The number of thiazole rings is 1. The van der Waals surface area contributed by atoms with Crippen molar-refractivity contribution >= 4 is 23.4 Å². The Morgan fingerprint density at radius 2 is 2.10 bits per heavy atom. The molecule has 7 heteroatoms. The van der Waals surface area contributed by atoms with Gasteiger partial charge in [0.2, 0.25) is 0 Å². The third kappa shape index (κ3) is 6.51. The summed E-state index contributed by atoms with van der Waals surface area (Å²) in [5.74, 6) is -0.301. The van der Waals surface area contributed by atoms with E-state index in [9.17, 15) is 9.59 Å². The number of nitrogens with zero attached hydrogens (tertiary/aromatic N) is 1. The first-order chi connectivity index (χ1) is 9.30. The van der Waals surface area contributed by atoms with E-state index in [0.29, 0.717) is 12.3 Å². The summed E-state index contributed by atoms with van der Waals surface area (Å²) in [4.78, 5) is 27.0. The van der Waals surface area contributed by atoms with Gasteiger partial charge in [-0.05, 0) is 27.7 Å². The number of esters is 1. The number of ether oxygens (including phenoxy) is 2. The van der Waals surface area contributed by atoms with Crippen LogP contribution in [-0.4, -0.2) is 29.3 Å². The van der Waals surface area contributed by atoms with Gasteiger partial charge >= 0.3 is 12.1 Å². The Morgan fingerprint density at radius 1 is 1.40 bits per heavy atom. The van der Waals surface area contributed by atoms with Crippen LogP contribution >= 0.6 is 11.3 Å². The number of aromatic nitrogens is 1. The average molecular weight is 300 g/mol. The molecule has 0 aliphatic rings. The third-order valence-corrected chi connectivity index (χ3v) is 2.91. The first-order valence-corrected chi connectivity index (χ1v) is 7.24. The van der Waals surface area contributed by atoms with Crippen LogP contribution in [-0.2, 0) is 27.2 Å². The van der Waals surface area contributed by atoms with Crippen LogP contribution in [0.25, 0.3) is 0 Å². The molecule has 0 radical (unpaired) electrons. The molecule has 1 N–H and O–H groups in total. The number of hydrogen-bond donors (Lipinski definition) is 1. The van der Waals surface area contributed by atoms with Crippen LogP contribution in [0.2, 0.25) is 0 Å². The molecule has 1 heterocycles. The van der Waals surface area contributed by atoms with Gasteiger partial charge in [0.1, 0.15) is 10.6 Å². The summed E-state index contributed by atoms with van der Waals surface area (Å²) in [5.41, 5.74) is 0.122. The van der Waals surface area contributed by atoms with Gasteiger partial charge in [0, 0.05) is 5.38 Å². The lowest BCUT2D eigenvalue weighted by atomic mass is 10.2. The van der Waals surface area contributed by atoms with E-state index in [1.165, 1.54) is 11.3 Å². The number of alkyl carbamates (subject to hydrolysis) is 1. The molecule has 0 saturated heterocycles. The second-order valence-electron chi connectivity index (χ2n) is 5.07. The summed E-state index contributed by atoms with van der Waals surface area (Å²) < 4.78 is 9.96. The molecule has 0 fully saturated rings. The van der Waals surface area contributed by atoms with Crippen molar-refractivity contribution in [3.8, 4) is 0 Å². The maximum absolute atomic E-state index is 11.5. The summed E-state index contributed by atoms with van der Waals surface area (Å²) in [7, 11) is 0. The molecule has 0 unspecified atom stereocenters. The van der Waals surface area contributed by atoms with Crippen LogP contribution in [0.5, 0.6) is 0 Å². The Labute approximate surface area is 122 Å². The zero-order valence-electron chi connectivity index (χ0n) is 12.2. The van der Waals surface area contributed by atoms with Crippen LogP contribution in [0.4, 0.5) is 4.79 Å². The maximum Gasteiger partial charge on any atom is 0.408 e. The fraction of sp³-hybridized carbons (Fsp3) is 0.615. The Kier molecular flexibility index (Phi) is 5.94. The van der Waals surface area contributed by atoms with Gasteiger partial charge in [-0.25, -0.2) is 9.78 Å². The topological polar surface area (TPSA) is 77.5 Å². The smallest absolute Gasteiger partial charge is 0.408 e. The Bertz CT molecular complexity index is 465. The summed E-state index contributed by atoms with van der Waals surface area (Å²) in [6, 6.07) is 0. The minimum Gasteiger partial charge on any atom is -0.466 e. The molecule has 0 atom stereocenters. The van der Waals surface area contributed by atoms with E-state index < -0.39 is 11.7 Å². The summed E-state index contributed by atoms with van der Waals surface area (Å²) in [6.07, 6.45) is -0.337. The molecular weight excluding hydrogens is 280 g/mol. The van der Waals surface area contributed by atoms with Gasteiger partial charge in [0.25, 0.3) is 0 Å². The lowest BCUT2D eigenvalue weighted by molar-refractivity contribution is -0.142. The molecular formula is C13H20N2O4S. The highest BCUT2D eigenvalue weighted by molar-refractivity contribution is 7.09. The summed E-state index contributed by atoms with van der Waals surface area (Å²) >= 11 is 1.38. The highest BCUT2D eigenvalue weighted by atomic mass is 32.1. The minimum atomic E-state index is -0.526. The molecule has 0 aromatic carbocycles. The Morgan fingerprint density at radius 3 is 2.70 bits per heavy atom. The summed E-state index contributed by atoms with van der Waals surface area (Å²) in [5, 5.41) is 5.12. The Hall–Kier alpha value is -1.63. The predicted octanol–water partition coefficient (Wildman–Crippen LogP) is 2.27. The second kappa shape index (κ2) is 7.23. The van der Waals surface area contributed by atoms with E-state index >= 15 is 0 Å². The fourth-order valence-corrected chi connectivity index (χ4v) is 2.07. The lowest BCUT2D eigenvalue weighted by Crippen LogP contribution is -2.32. The van der Waals surface area contributed by atoms with Crippen molar-refractivity contribution in [1.29, 1.82) is 0 Å². The van der Waals surface area contributed by atoms with E-state index in [-0.39, 0.29) is 18.9 Å². The highest BCUT2D eigenvalue weighted by Gasteiger charge is 2.16. The first kappa shape index (κ1) is 16.4. The number of hydrogen-bond acceptors (Lipinski definition) is 6. The minimum absolute atomic E-state index is 0.150. The zero-order valence-corrected chi connectivity index (χ0v) is 13.0. The predicted molar refractivity (Wildman–Crippen MR) is 75.5 cm³/mol. The average Bonchev–Trinajstić information content (AvgIpc) is 2.72. The number of rotatable bonds is 5. The summed E-state index contributed by atoms with van der Waals surface area (Å²) in [6.45, 7) is 7.79. The lowest BCUT2D eigenvalue weighted by Gasteiger charge is -2.19. The molecule has 1 aromatic rings. The number of carbonyl (C=O) groups excluding carboxylic acids is 2. The van der Waals surface area contributed by atoms with Gasteiger partial charge in [-0.15, -0.1) is 11.3 Å². The van der Waals surface area contributed by atoms with Crippen molar-refractivity contribution < 1.29 is 19.1 Å². The van der Waals surface area contributed by atoms with E-state index in [2.05, 4.69) is 10.3 Å². The molecule has 0 bridgehead atoms.